The Bertz CT molecular complexity index is 1180. The second kappa shape index (κ2) is 7.76. The number of pyridine rings is 1. The molecule has 0 unspecified atom stereocenters. The van der Waals surface area contributed by atoms with E-state index in [2.05, 4.69) is 9.88 Å². The lowest BCUT2D eigenvalue weighted by Gasteiger charge is -2.29. The summed E-state index contributed by atoms with van der Waals surface area (Å²) in [5.74, 6) is 1.44. The maximum Gasteiger partial charge on any atom is 0.231 e. The van der Waals surface area contributed by atoms with Gasteiger partial charge in [-0.25, -0.2) is 0 Å². The molecule has 1 aromatic heterocycles. The number of rotatable bonds is 3. The van der Waals surface area contributed by atoms with Crippen LogP contribution < -0.4 is 9.47 Å². The third kappa shape index (κ3) is 3.56. The molecule has 0 spiro atoms. The van der Waals surface area contributed by atoms with E-state index < -0.39 is 0 Å². The van der Waals surface area contributed by atoms with E-state index >= 15 is 0 Å². The van der Waals surface area contributed by atoms with Gasteiger partial charge in [-0.15, -0.1) is 0 Å². The zero-order valence-corrected chi connectivity index (χ0v) is 17.3. The van der Waals surface area contributed by atoms with E-state index in [1.54, 1.807) is 30.6 Å². The van der Waals surface area contributed by atoms with Gasteiger partial charge in [-0.05, 0) is 47.5 Å². The van der Waals surface area contributed by atoms with Crippen LogP contribution in [0.2, 0.25) is 10.0 Å². The number of ketones is 1. The summed E-state index contributed by atoms with van der Waals surface area (Å²) < 4.78 is 11.9. The molecule has 0 fully saturated rings. The zero-order chi connectivity index (χ0) is 20.7. The topological polar surface area (TPSA) is 51.7 Å². The molecule has 2 aromatic carbocycles. The quantitative estimate of drug-likeness (QED) is 0.515. The molecule has 0 saturated heterocycles. The van der Waals surface area contributed by atoms with Gasteiger partial charge in [0.05, 0.1) is 21.2 Å². The van der Waals surface area contributed by atoms with Crippen LogP contribution in [0.3, 0.4) is 0 Å². The van der Waals surface area contributed by atoms with Crippen molar-refractivity contribution in [3.05, 3.63) is 92.9 Å². The van der Waals surface area contributed by atoms with Crippen LogP contribution in [-0.2, 0) is 13.1 Å². The Morgan fingerprint density at radius 3 is 2.83 bits per heavy atom. The summed E-state index contributed by atoms with van der Waals surface area (Å²) in [6.07, 6.45) is 5.08. The number of hydrogen-bond donors (Lipinski definition) is 0. The Kier molecular flexibility index (Phi) is 4.95. The minimum absolute atomic E-state index is 0.141. The van der Waals surface area contributed by atoms with Crippen LogP contribution in [0.15, 0.2) is 60.6 Å². The number of halogens is 2. The Morgan fingerprint density at radius 1 is 1.13 bits per heavy atom. The van der Waals surface area contributed by atoms with Crippen LogP contribution in [-0.4, -0.2) is 22.4 Å². The van der Waals surface area contributed by atoms with Crippen molar-refractivity contribution in [2.45, 2.75) is 13.1 Å². The standard InChI is InChI=1S/C23H16Cl2N2O3/c24-18-5-3-15(8-19(18)25)11-27-12-17-20(29-13-27)6-4-16-22(28)21(30-23(16)17)9-14-2-1-7-26-10-14/h1-10H,11-13H2/b21-9-. The maximum absolute atomic E-state index is 12.8. The fourth-order valence-corrected chi connectivity index (χ4v) is 3.94. The van der Waals surface area contributed by atoms with Crippen molar-refractivity contribution in [2.75, 3.05) is 6.73 Å². The molecule has 0 aliphatic carbocycles. The highest BCUT2D eigenvalue weighted by molar-refractivity contribution is 6.42. The number of carbonyl (C=O) groups is 1. The molecule has 5 nitrogen and oxygen atoms in total. The molecule has 2 aliphatic heterocycles. The second-order valence-electron chi connectivity index (χ2n) is 7.15. The molecule has 0 N–H and O–H groups in total. The molecule has 2 aliphatic rings. The van der Waals surface area contributed by atoms with Crippen molar-refractivity contribution in [1.82, 2.24) is 9.88 Å². The number of fused-ring (bicyclic) bond motifs is 3. The number of carbonyl (C=O) groups excluding carboxylic acids is 1. The molecule has 30 heavy (non-hydrogen) atoms. The normalized spacial score (nSPS) is 16.7. The first kappa shape index (κ1) is 19.1. The molecular formula is C23H16Cl2N2O3. The lowest BCUT2D eigenvalue weighted by atomic mass is 10.0. The highest BCUT2D eigenvalue weighted by atomic mass is 35.5. The van der Waals surface area contributed by atoms with Gasteiger partial charge < -0.3 is 9.47 Å². The Hall–Kier alpha value is -2.86. The van der Waals surface area contributed by atoms with E-state index in [1.807, 2.05) is 30.3 Å². The van der Waals surface area contributed by atoms with Crippen LogP contribution in [0.25, 0.3) is 6.08 Å². The molecule has 0 bridgehead atoms. The molecular weight excluding hydrogens is 423 g/mol. The third-order valence-corrected chi connectivity index (χ3v) is 5.79. The minimum Gasteiger partial charge on any atom is -0.478 e. The van der Waals surface area contributed by atoms with Crippen molar-refractivity contribution in [1.29, 1.82) is 0 Å². The second-order valence-corrected chi connectivity index (χ2v) is 7.97. The number of ether oxygens (including phenoxy) is 2. The van der Waals surface area contributed by atoms with Crippen molar-refractivity contribution in [2.24, 2.45) is 0 Å². The summed E-state index contributed by atoms with van der Waals surface area (Å²) in [6, 6.07) is 12.9. The first-order valence-electron chi connectivity index (χ1n) is 9.38. The van der Waals surface area contributed by atoms with Crippen LogP contribution in [0.5, 0.6) is 11.5 Å². The highest BCUT2D eigenvalue weighted by Crippen LogP contribution is 2.42. The van der Waals surface area contributed by atoms with Crippen molar-refractivity contribution >= 4 is 35.1 Å². The van der Waals surface area contributed by atoms with E-state index in [-0.39, 0.29) is 11.5 Å². The molecule has 150 valence electrons. The van der Waals surface area contributed by atoms with E-state index in [1.165, 1.54) is 0 Å². The SMILES string of the molecule is O=C1/C(=C/c2cccnc2)Oc2c1ccc1c2CN(Cc2ccc(Cl)c(Cl)c2)CO1. The molecule has 5 rings (SSSR count). The van der Waals surface area contributed by atoms with Gasteiger partial charge >= 0.3 is 0 Å². The number of nitrogens with zero attached hydrogens (tertiary/aromatic N) is 2. The van der Waals surface area contributed by atoms with Crippen LogP contribution in [0.4, 0.5) is 0 Å². The molecule has 7 heteroatoms. The number of benzene rings is 2. The van der Waals surface area contributed by atoms with Gasteiger partial charge in [0.25, 0.3) is 0 Å². The number of aromatic nitrogens is 1. The number of hydrogen-bond acceptors (Lipinski definition) is 5. The van der Waals surface area contributed by atoms with Crippen molar-refractivity contribution in [3.63, 3.8) is 0 Å². The Balaban J connectivity index is 1.42. The largest absolute Gasteiger partial charge is 0.478 e. The average molecular weight is 439 g/mol. The average Bonchev–Trinajstić information content (AvgIpc) is 3.07. The van der Waals surface area contributed by atoms with Gasteiger partial charge in [0.1, 0.15) is 18.2 Å². The summed E-state index contributed by atoms with van der Waals surface area (Å²) in [4.78, 5) is 19.0. The predicted octanol–water partition coefficient (Wildman–Crippen LogP) is 5.36. The summed E-state index contributed by atoms with van der Waals surface area (Å²) >= 11 is 12.1. The molecule has 0 atom stereocenters. The van der Waals surface area contributed by atoms with E-state index in [9.17, 15) is 4.79 Å². The lowest BCUT2D eigenvalue weighted by molar-refractivity contribution is 0.0873. The third-order valence-electron chi connectivity index (χ3n) is 5.05. The molecule has 3 aromatic rings. The van der Waals surface area contributed by atoms with E-state index in [0.717, 1.165) is 22.4 Å². The van der Waals surface area contributed by atoms with E-state index in [0.29, 0.717) is 41.2 Å². The summed E-state index contributed by atoms with van der Waals surface area (Å²) in [7, 11) is 0. The first-order valence-corrected chi connectivity index (χ1v) is 10.1. The Labute approximate surface area is 183 Å². The fraction of sp³-hybridized carbons (Fsp3) is 0.130. The molecule has 0 amide bonds. The smallest absolute Gasteiger partial charge is 0.231 e. The van der Waals surface area contributed by atoms with Crippen LogP contribution in [0, 0.1) is 0 Å². The highest BCUT2D eigenvalue weighted by Gasteiger charge is 2.33. The number of Topliss-reactive ketones (excluding diaryl/α,β-unsaturated/α-hetero) is 1. The summed E-state index contributed by atoms with van der Waals surface area (Å²) in [6.45, 7) is 1.65. The van der Waals surface area contributed by atoms with Crippen molar-refractivity contribution < 1.29 is 14.3 Å². The summed E-state index contributed by atoms with van der Waals surface area (Å²) in [5.41, 5.74) is 3.24. The molecule has 3 heterocycles. The van der Waals surface area contributed by atoms with E-state index in [4.69, 9.17) is 32.7 Å². The fourth-order valence-electron chi connectivity index (χ4n) is 3.61. The molecule has 0 radical (unpaired) electrons. The van der Waals surface area contributed by atoms with Crippen molar-refractivity contribution in [3.8, 4) is 11.5 Å². The van der Waals surface area contributed by atoms with Crippen LogP contribution >= 0.6 is 23.2 Å². The molecule has 0 saturated carbocycles. The Morgan fingerprint density at radius 2 is 2.03 bits per heavy atom. The lowest BCUT2D eigenvalue weighted by Crippen LogP contribution is -2.31. The van der Waals surface area contributed by atoms with Crippen LogP contribution in [0.1, 0.15) is 27.0 Å². The van der Waals surface area contributed by atoms with Gasteiger partial charge in [-0.3, -0.25) is 14.7 Å². The first-order chi connectivity index (χ1) is 14.6. The minimum atomic E-state index is -0.141. The van der Waals surface area contributed by atoms with Gasteiger partial charge in [0.2, 0.25) is 5.78 Å². The maximum atomic E-state index is 12.8. The van der Waals surface area contributed by atoms with Gasteiger partial charge in [-0.1, -0.05) is 35.3 Å². The van der Waals surface area contributed by atoms with Gasteiger partial charge in [-0.2, -0.15) is 0 Å². The summed E-state index contributed by atoms with van der Waals surface area (Å²) in [5, 5.41) is 1.05. The number of allylic oxidation sites excluding steroid dienone is 1. The van der Waals surface area contributed by atoms with Gasteiger partial charge in [0.15, 0.2) is 5.76 Å². The monoisotopic (exact) mass is 438 g/mol. The van der Waals surface area contributed by atoms with Gasteiger partial charge in [0, 0.05) is 25.5 Å². The zero-order valence-electron chi connectivity index (χ0n) is 15.8. The predicted molar refractivity (Wildman–Crippen MR) is 115 cm³/mol.